The Morgan fingerprint density at radius 2 is 1.86 bits per heavy atom. The van der Waals surface area contributed by atoms with Gasteiger partial charge in [0.25, 0.3) is 5.56 Å². The van der Waals surface area contributed by atoms with Crippen molar-refractivity contribution >= 4 is 0 Å². The standard InChI is InChI=1S/C17H29N3O/c1-2-3-4-5-6-7-8-9-12-20-17(21)13-15-14-18-11-10-16(15)19-20/h13,18H,2-12,14H2,1H3. The maximum absolute atomic E-state index is 12.0. The van der Waals surface area contributed by atoms with Gasteiger partial charge in [-0.3, -0.25) is 4.79 Å². The van der Waals surface area contributed by atoms with Gasteiger partial charge in [-0.05, 0) is 12.0 Å². The summed E-state index contributed by atoms with van der Waals surface area (Å²) in [4.78, 5) is 12.0. The average molecular weight is 291 g/mol. The van der Waals surface area contributed by atoms with Crippen molar-refractivity contribution in [3.63, 3.8) is 0 Å². The van der Waals surface area contributed by atoms with Crippen molar-refractivity contribution in [3.8, 4) is 0 Å². The maximum Gasteiger partial charge on any atom is 0.267 e. The fourth-order valence-corrected chi connectivity index (χ4v) is 2.92. The Balaban J connectivity index is 1.70. The van der Waals surface area contributed by atoms with E-state index in [-0.39, 0.29) is 5.56 Å². The predicted octanol–water partition coefficient (Wildman–Crippen LogP) is 3.03. The quantitative estimate of drug-likeness (QED) is 0.711. The van der Waals surface area contributed by atoms with Crippen LogP contribution in [0.1, 0.15) is 69.5 Å². The number of nitrogens with one attached hydrogen (secondary N) is 1. The number of aryl methyl sites for hydroxylation is 1. The Morgan fingerprint density at radius 1 is 1.14 bits per heavy atom. The van der Waals surface area contributed by atoms with Gasteiger partial charge in [-0.15, -0.1) is 0 Å². The van der Waals surface area contributed by atoms with E-state index in [4.69, 9.17) is 0 Å². The normalized spacial score (nSPS) is 14.1. The first-order valence-electron chi connectivity index (χ1n) is 8.62. The van der Waals surface area contributed by atoms with Crippen LogP contribution in [-0.2, 0) is 19.5 Å². The van der Waals surface area contributed by atoms with E-state index in [1.54, 1.807) is 10.7 Å². The van der Waals surface area contributed by atoms with Crippen LogP contribution in [0.3, 0.4) is 0 Å². The van der Waals surface area contributed by atoms with Gasteiger partial charge in [0.1, 0.15) is 0 Å². The molecule has 0 aromatic carbocycles. The lowest BCUT2D eigenvalue weighted by Gasteiger charge is -2.17. The smallest absolute Gasteiger partial charge is 0.267 e. The van der Waals surface area contributed by atoms with E-state index in [1.807, 2.05) is 0 Å². The molecule has 2 heterocycles. The fraction of sp³-hybridized carbons (Fsp3) is 0.765. The van der Waals surface area contributed by atoms with Crippen LogP contribution in [-0.4, -0.2) is 16.3 Å². The molecule has 1 aromatic heterocycles. The number of fused-ring (bicyclic) bond motifs is 1. The molecule has 0 unspecified atom stereocenters. The molecular weight excluding hydrogens is 262 g/mol. The molecule has 0 saturated carbocycles. The summed E-state index contributed by atoms with van der Waals surface area (Å²) in [7, 11) is 0. The van der Waals surface area contributed by atoms with Gasteiger partial charge in [0.2, 0.25) is 0 Å². The summed E-state index contributed by atoms with van der Waals surface area (Å²) >= 11 is 0. The Labute approximate surface area is 127 Å². The van der Waals surface area contributed by atoms with Crippen molar-refractivity contribution < 1.29 is 0 Å². The van der Waals surface area contributed by atoms with E-state index >= 15 is 0 Å². The van der Waals surface area contributed by atoms with E-state index in [9.17, 15) is 4.79 Å². The molecule has 4 nitrogen and oxygen atoms in total. The molecule has 2 rings (SSSR count). The Hall–Kier alpha value is -1.16. The van der Waals surface area contributed by atoms with Gasteiger partial charge < -0.3 is 5.32 Å². The molecule has 0 saturated heterocycles. The van der Waals surface area contributed by atoms with E-state index < -0.39 is 0 Å². The van der Waals surface area contributed by atoms with Crippen LogP contribution in [0.2, 0.25) is 0 Å². The van der Waals surface area contributed by atoms with Gasteiger partial charge in [0.05, 0.1) is 5.69 Å². The predicted molar refractivity (Wildman–Crippen MR) is 86.5 cm³/mol. The van der Waals surface area contributed by atoms with Crippen LogP contribution in [0, 0.1) is 0 Å². The van der Waals surface area contributed by atoms with Crippen LogP contribution in [0.15, 0.2) is 10.9 Å². The van der Waals surface area contributed by atoms with Gasteiger partial charge in [-0.1, -0.05) is 51.9 Å². The molecule has 1 aromatic rings. The second-order valence-electron chi connectivity index (χ2n) is 6.08. The number of nitrogens with zero attached hydrogens (tertiary/aromatic N) is 2. The van der Waals surface area contributed by atoms with Crippen molar-refractivity contribution in [1.82, 2.24) is 15.1 Å². The number of aromatic nitrogens is 2. The molecule has 0 fully saturated rings. The van der Waals surface area contributed by atoms with Crippen LogP contribution in [0.5, 0.6) is 0 Å². The molecule has 0 spiro atoms. The lowest BCUT2D eigenvalue weighted by Crippen LogP contribution is -2.31. The third-order valence-corrected chi connectivity index (χ3v) is 4.24. The zero-order valence-corrected chi connectivity index (χ0v) is 13.4. The first-order valence-corrected chi connectivity index (χ1v) is 8.62. The minimum absolute atomic E-state index is 0.0559. The molecule has 118 valence electrons. The van der Waals surface area contributed by atoms with Crippen molar-refractivity contribution in [2.45, 2.75) is 77.8 Å². The molecule has 0 amide bonds. The van der Waals surface area contributed by atoms with Gasteiger partial charge in [-0.2, -0.15) is 5.10 Å². The monoisotopic (exact) mass is 291 g/mol. The third kappa shape index (κ3) is 5.27. The summed E-state index contributed by atoms with van der Waals surface area (Å²) in [6.07, 6.45) is 11.2. The minimum Gasteiger partial charge on any atom is -0.312 e. The summed E-state index contributed by atoms with van der Waals surface area (Å²) in [5.41, 5.74) is 2.24. The molecule has 0 radical (unpaired) electrons. The van der Waals surface area contributed by atoms with Crippen LogP contribution >= 0.6 is 0 Å². The Bertz CT molecular complexity index is 481. The molecule has 21 heavy (non-hydrogen) atoms. The third-order valence-electron chi connectivity index (χ3n) is 4.24. The zero-order chi connectivity index (χ0) is 14.9. The topological polar surface area (TPSA) is 46.9 Å². The van der Waals surface area contributed by atoms with Crippen molar-refractivity contribution in [1.29, 1.82) is 0 Å². The number of unbranched alkanes of at least 4 members (excludes halogenated alkanes) is 7. The first kappa shape index (κ1) is 16.2. The van der Waals surface area contributed by atoms with Crippen molar-refractivity contribution in [3.05, 3.63) is 27.7 Å². The zero-order valence-electron chi connectivity index (χ0n) is 13.4. The van der Waals surface area contributed by atoms with Crippen LogP contribution < -0.4 is 10.9 Å². The van der Waals surface area contributed by atoms with Gasteiger partial charge in [-0.25, -0.2) is 4.68 Å². The molecule has 0 bridgehead atoms. The Morgan fingerprint density at radius 3 is 2.62 bits per heavy atom. The average Bonchev–Trinajstić information content (AvgIpc) is 2.50. The molecule has 1 aliphatic heterocycles. The summed E-state index contributed by atoms with van der Waals surface area (Å²) in [5.74, 6) is 0. The molecule has 4 heteroatoms. The molecular formula is C17H29N3O. The van der Waals surface area contributed by atoms with Gasteiger partial charge in [0.15, 0.2) is 0 Å². The number of rotatable bonds is 9. The largest absolute Gasteiger partial charge is 0.312 e. The van der Waals surface area contributed by atoms with Gasteiger partial charge in [0, 0.05) is 32.1 Å². The number of hydrogen-bond acceptors (Lipinski definition) is 3. The van der Waals surface area contributed by atoms with Gasteiger partial charge >= 0.3 is 0 Å². The summed E-state index contributed by atoms with van der Waals surface area (Å²) in [6.45, 7) is 4.78. The molecule has 1 N–H and O–H groups in total. The molecule has 1 aliphatic rings. The summed E-state index contributed by atoms with van der Waals surface area (Å²) < 4.78 is 1.67. The molecule has 0 aliphatic carbocycles. The summed E-state index contributed by atoms with van der Waals surface area (Å²) in [6, 6.07) is 1.76. The lowest BCUT2D eigenvalue weighted by atomic mass is 10.1. The van der Waals surface area contributed by atoms with E-state index in [0.29, 0.717) is 0 Å². The summed E-state index contributed by atoms with van der Waals surface area (Å²) in [5, 5.41) is 7.82. The minimum atomic E-state index is 0.0559. The van der Waals surface area contributed by atoms with E-state index in [0.717, 1.165) is 43.7 Å². The highest BCUT2D eigenvalue weighted by Gasteiger charge is 2.12. The maximum atomic E-state index is 12.0. The van der Waals surface area contributed by atoms with Crippen LogP contribution in [0.4, 0.5) is 0 Å². The molecule has 0 atom stereocenters. The first-order chi connectivity index (χ1) is 10.3. The second-order valence-corrected chi connectivity index (χ2v) is 6.08. The van der Waals surface area contributed by atoms with Crippen molar-refractivity contribution in [2.75, 3.05) is 6.54 Å². The highest BCUT2D eigenvalue weighted by atomic mass is 16.1. The van der Waals surface area contributed by atoms with E-state index in [2.05, 4.69) is 17.3 Å². The lowest BCUT2D eigenvalue weighted by molar-refractivity contribution is 0.488. The highest BCUT2D eigenvalue weighted by Crippen LogP contribution is 2.10. The fourth-order valence-electron chi connectivity index (χ4n) is 2.92. The SMILES string of the molecule is CCCCCCCCCCn1nc2c(cc1=O)CNCC2. The Kier molecular flexibility index (Phi) is 6.93. The highest BCUT2D eigenvalue weighted by molar-refractivity contribution is 5.20. The van der Waals surface area contributed by atoms with Crippen LogP contribution in [0.25, 0.3) is 0 Å². The second kappa shape index (κ2) is 8.98. The number of hydrogen-bond donors (Lipinski definition) is 1. The van der Waals surface area contributed by atoms with E-state index in [1.165, 1.54) is 44.9 Å². The van der Waals surface area contributed by atoms with Crippen molar-refractivity contribution in [2.24, 2.45) is 0 Å².